The van der Waals surface area contributed by atoms with E-state index in [-0.39, 0.29) is 11.4 Å². The minimum atomic E-state index is -0.448. The highest BCUT2D eigenvalue weighted by Gasteiger charge is 2.47. The van der Waals surface area contributed by atoms with E-state index in [9.17, 15) is 4.79 Å². The quantitative estimate of drug-likeness (QED) is 0.665. The van der Waals surface area contributed by atoms with Crippen LogP contribution in [0.4, 0.5) is 0 Å². The monoisotopic (exact) mass is 181 g/mol. The Labute approximate surface area is 78.7 Å². The second-order valence-corrected chi connectivity index (χ2v) is 4.42. The number of hydrogen-bond donors (Lipinski definition) is 0. The largest absolute Gasteiger partial charge is 0.379 e. The molecule has 1 aliphatic rings. The molecule has 0 atom stereocenters. The van der Waals surface area contributed by atoms with Crippen molar-refractivity contribution in [3.63, 3.8) is 0 Å². The zero-order valence-electron chi connectivity index (χ0n) is 8.39. The molecule has 13 heavy (non-hydrogen) atoms. The molecule has 0 saturated heterocycles. The van der Waals surface area contributed by atoms with E-state index in [0.717, 1.165) is 0 Å². The predicted molar refractivity (Wildman–Crippen MR) is 48.0 cm³/mol. The average Bonchev–Trinajstić information content (AvgIpc) is 2.01. The maximum atomic E-state index is 10.9. The van der Waals surface area contributed by atoms with Crippen LogP contribution in [-0.4, -0.2) is 18.5 Å². The normalized spacial score (nSPS) is 20.6. The van der Waals surface area contributed by atoms with Crippen LogP contribution in [0.25, 0.3) is 0 Å². The first-order valence-corrected chi connectivity index (χ1v) is 4.41. The third-order valence-electron chi connectivity index (χ3n) is 2.62. The molecule has 0 aromatic heterocycles. The summed E-state index contributed by atoms with van der Waals surface area (Å²) in [5.41, 5.74) is -0.757. The molecule has 0 N–H and O–H groups in total. The van der Waals surface area contributed by atoms with Gasteiger partial charge in [-0.3, -0.25) is 4.79 Å². The SMILES string of the molecule is COC(C)(C)CC1(C#N)CC(=O)C1. The lowest BCUT2D eigenvalue weighted by atomic mass is 9.64. The van der Waals surface area contributed by atoms with Crippen LogP contribution >= 0.6 is 0 Å². The lowest BCUT2D eigenvalue weighted by Crippen LogP contribution is -2.42. The summed E-state index contributed by atoms with van der Waals surface area (Å²) in [4.78, 5) is 10.9. The number of methoxy groups -OCH3 is 1. The average molecular weight is 181 g/mol. The molecule has 1 rings (SSSR count). The summed E-state index contributed by atoms with van der Waals surface area (Å²) in [5, 5.41) is 8.96. The third-order valence-corrected chi connectivity index (χ3v) is 2.62. The molecule has 0 aromatic carbocycles. The third kappa shape index (κ3) is 2.07. The number of Topliss-reactive ketones (excluding diaryl/α,β-unsaturated/α-hetero) is 1. The molecular formula is C10H15NO2. The number of carbonyl (C=O) groups excluding carboxylic acids is 1. The van der Waals surface area contributed by atoms with E-state index in [1.807, 2.05) is 13.8 Å². The van der Waals surface area contributed by atoms with E-state index >= 15 is 0 Å². The second-order valence-electron chi connectivity index (χ2n) is 4.42. The van der Waals surface area contributed by atoms with Gasteiger partial charge in [-0.1, -0.05) is 0 Å². The molecule has 1 saturated carbocycles. The van der Waals surface area contributed by atoms with Crippen molar-refractivity contribution in [2.75, 3.05) is 7.11 Å². The van der Waals surface area contributed by atoms with Gasteiger partial charge in [0.2, 0.25) is 0 Å². The van der Waals surface area contributed by atoms with E-state index < -0.39 is 5.41 Å². The van der Waals surface area contributed by atoms with Gasteiger partial charge in [-0.15, -0.1) is 0 Å². The zero-order chi connectivity index (χ0) is 10.1. The molecular weight excluding hydrogens is 166 g/mol. The van der Waals surface area contributed by atoms with Gasteiger partial charge in [0.1, 0.15) is 5.78 Å². The molecule has 3 heteroatoms. The molecule has 0 amide bonds. The lowest BCUT2D eigenvalue weighted by molar-refractivity contribution is -0.133. The highest BCUT2D eigenvalue weighted by molar-refractivity contribution is 5.87. The van der Waals surface area contributed by atoms with Gasteiger partial charge in [-0.05, 0) is 20.3 Å². The Balaban J connectivity index is 2.62. The number of nitrogens with zero attached hydrogens (tertiary/aromatic N) is 1. The van der Waals surface area contributed by atoms with Gasteiger partial charge in [-0.2, -0.15) is 5.26 Å². The van der Waals surface area contributed by atoms with Gasteiger partial charge in [0, 0.05) is 20.0 Å². The van der Waals surface area contributed by atoms with E-state index in [2.05, 4.69) is 6.07 Å². The first-order chi connectivity index (χ1) is 5.93. The van der Waals surface area contributed by atoms with Crippen molar-refractivity contribution >= 4 is 5.78 Å². The highest BCUT2D eigenvalue weighted by atomic mass is 16.5. The Morgan fingerprint density at radius 2 is 2.15 bits per heavy atom. The van der Waals surface area contributed by atoms with Crippen LogP contribution in [0.1, 0.15) is 33.1 Å². The summed E-state index contributed by atoms with van der Waals surface area (Å²) in [6.07, 6.45) is 1.44. The minimum absolute atomic E-state index is 0.188. The van der Waals surface area contributed by atoms with Crippen LogP contribution < -0.4 is 0 Å². The Bertz CT molecular complexity index is 255. The summed E-state index contributed by atoms with van der Waals surface area (Å²) in [6.45, 7) is 3.88. The van der Waals surface area contributed by atoms with Gasteiger partial charge >= 0.3 is 0 Å². The smallest absolute Gasteiger partial charge is 0.136 e. The Morgan fingerprint density at radius 1 is 1.62 bits per heavy atom. The summed E-state index contributed by atoms with van der Waals surface area (Å²) in [5.74, 6) is 0.188. The number of ketones is 1. The van der Waals surface area contributed by atoms with Crippen molar-refractivity contribution in [2.24, 2.45) is 5.41 Å². The van der Waals surface area contributed by atoms with Crippen molar-refractivity contribution in [3.05, 3.63) is 0 Å². The fourth-order valence-electron chi connectivity index (χ4n) is 1.83. The van der Waals surface area contributed by atoms with Crippen molar-refractivity contribution in [1.82, 2.24) is 0 Å². The Kier molecular flexibility index (Phi) is 2.44. The first-order valence-electron chi connectivity index (χ1n) is 4.41. The van der Waals surface area contributed by atoms with E-state index in [0.29, 0.717) is 19.3 Å². The van der Waals surface area contributed by atoms with Crippen LogP contribution in [-0.2, 0) is 9.53 Å². The molecule has 0 bridgehead atoms. The van der Waals surface area contributed by atoms with Gasteiger partial charge < -0.3 is 4.74 Å². The van der Waals surface area contributed by atoms with Crippen LogP contribution in [0.5, 0.6) is 0 Å². The Morgan fingerprint density at radius 3 is 2.46 bits per heavy atom. The van der Waals surface area contributed by atoms with E-state index in [1.54, 1.807) is 7.11 Å². The van der Waals surface area contributed by atoms with Crippen LogP contribution in [0.3, 0.4) is 0 Å². The van der Waals surface area contributed by atoms with Crippen LogP contribution in [0, 0.1) is 16.7 Å². The molecule has 0 aliphatic heterocycles. The second kappa shape index (κ2) is 3.12. The molecule has 0 unspecified atom stereocenters. The number of nitriles is 1. The molecule has 0 heterocycles. The van der Waals surface area contributed by atoms with Crippen LogP contribution in [0.2, 0.25) is 0 Å². The predicted octanol–water partition coefficient (Wildman–Crippen LogP) is 1.67. The van der Waals surface area contributed by atoms with Crippen molar-refractivity contribution in [2.45, 2.75) is 38.7 Å². The lowest BCUT2D eigenvalue weighted by Gasteiger charge is -2.39. The summed E-state index contributed by atoms with van der Waals surface area (Å²) in [7, 11) is 1.63. The maximum Gasteiger partial charge on any atom is 0.136 e. The highest BCUT2D eigenvalue weighted by Crippen LogP contribution is 2.44. The standard InChI is InChI=1S/C10H15NO2/c1-9(2,13-3)6-10(7-11)4-8(12)5-10/h4-6H2,1-3H3. The number of carbonyl (C=O) groups is 1. The number of ether oxygens (including phenoxy) is 1. The van der Waals surface area contributed by atoms with Gasteiger partial charge in [0.25, 0.3) is 0 Å². The summed E-state index contributed by atoms with van der Waals surface area (Å²) in [6, 6.07) is 2.23. The first kappa shape index (κ1) is 10.2. The molecule has 1 aliphatic carbocycles. The fraction of sp³-hybridized carbons (Fsp3) is 0.800. The molecule has 0 spiro atoms. The van der Waals surface area contributed by atoms with E-state index in [4.69, 9.17) is 10.00 Å². The topological polar surface area (TPSA) is 50.1 Å². The summed E-state index contributed by atoms with van der Waals surface area (Å²) >= 11 is 0. The minimum Gasteiger partial charge on any atom is -0.379 e. The summed E-state index contributed by atoms with van der Waals surface area (Å²) < 4.78 is 5.24. The fourth-order valence-corrected chi connectivity index (χ4v) is 1.83. The van der Waals surface area contributed by atoms with E-state index in [1.165, 1.54) is 0 Å². The maximum absolute atomic E-state index is 10.9. The van der Waals surface area contributed by atoms with Crippen molar-refractivity contribution in [3.8, 4) is 6.07 Å². The van der Waals surface area contributed by atoms with Crippen molar-refractivity contribution < 1.29 is 9.53 Å². The van der Waals surface area contributed by atoms with Gasteiger partial charge in [-0.25, -0.2) is 0 Å². The molecule has 0 aromatic rings. The molecule has 0 radical (unpaired) electrons. The molecule has 1 fully saturated rings. The number of rotatable bonds is 3. The van der Waals surface area contributed by atoms with Crippen LogP contribution in [0.15, 0.2) is 0 Å². The van der Waals surface area contributed by atoms with Gasteiger partial charge in [0.15, 0.2) is 0 Å². The van der Waals surface area contributed by atoms with Gasteiger partial charge in [0.05, 0.1) is 17.1 Å². The molecule has 3 nitrogen and oxygen atoms in total. The Hall–Kier alpha value is -0.880. The molecule has 72 valence electrons. The number of hydrogen-bond acceptors (Lipinski definition) is 3. The zero-order valence-corrected chi connectivity index (χ0v) is 8.39. The van der Waals surface area contributed by atoms with Crippen molar-refractivity contribution in [1.29, 1.82) is 5.26 Å².